The van der Waals surface area contributed by atoms with Crippen molar-refractivity contribution in [2.75, 3.05) is 19.7 Å². The topological polar surface area (TPSA) is 78.9 Å². The van der Waals surface area contributed by atoms with Gasteiger partial charge in [0.05, 0.1) is 13.0 Å². The average molecular weight is 294 g/mol. The fourth-order valence-electron chi connectivity index (χ4n) is 1.76. The van der Waals surface area contributed by atoms with E-state index in [1.807, 2.05) is 44.2 Å². The van der Waals surface area contributed by atoms with E-state index >= 15 is 0 Å². The molecule has 0 spiro atoms. The molecule has 0 saturated heterocycles. The van der Waals surface area contributed by atoms with E-state index in [4.69, 9.17) is 9.84 Å². The number of para-hydroxylation sites is 1. The third-order valence-corrected chi connectivity index (χ3v) is 2.84. The van der Waals surface area contributed by atoms with E-state index in [0.29, 0.717) is 13.2 Å². The van der Waals surface area contributed by atoms with E-state index in [-0.39, 0.29) is 25.0 Å². The molecule has 0 radical (unpaired) electrons. The van der Waals surface area contributed by atoms with Crippen molar-refractivity contribution in [3.05, 3.63) is 30.3 Å². The van der Waals surface area contributed by atoms with Gasteiger partial charge in [-0.05, 0) is 26.0 Å². The lowest BCUT2D eigenvalue weighted by Crippen LogP contribution is -2.45. The minimum atomic E-state index is -0.916. The molecular weight excluding hydrogens is 272 g/mol. The first-order valence-corrected chi connectivity index (χ1v) is 6.95. The summed E-state index contributed by atoms with van der Waals surface area (Å²) in [7, 11) is 0. The number of benzene rings is 1. The predicted octanol–water partition coefficient (Wildman–Crippen LogP) is 1.96. The third kappa shape index (κ3) is 6.65. The SMILES string of the molecule is CC(C)N(CCC(=O)O)C(=O)NCCOc1ccccc1. The van der Waals surface area contributed by atoms with Gasteiger partial charge in [-0.3, -0.25) is 4.79 Å². The van der Waals surface area contributed by atoms with E-state index in [1.54, 1.807) is 0 Å². The van der Waals surface area contributed by atoms with Gasteiger partial charge < -0.3 is 20.1 Å². The highest BCUT2D eigenvalue weighted by atomic mass is 16.5. The molecule has 0 bridgehead atoms. The first-order chi connectivity index (χ1) is 10.0. The smallest absolute Gasteiger partial charge is 0.317 e. The summed E-state index contributed by atoms with van der Waals surface area (Å²) in [5.74, 6) is -0.167. The van der Waals surface area contributed by atoms with Crippen molar-refractivity contribution < 1.29 is 19.4 Å². The summed E-state index contributed by atoms with van der Waals surface area (Å²) in [6, 6.07) is 9.00. The number of carboxylic acids is 1. The van der Waals surface area contributed by atoms with Crippen LogP contribution in [0.4, 0.5) is 4.79 Å². The van der Waals surface area contributed by atoms with E-state index in [0.717, 1.165) is 5.75 Å². The molecule has 21 heavy (non-hydrogen) atoms. The lowest BCUT2D eigenvalue weighted by molar-refractivity contribution is -0.137. The van der Waals surface area contributed by atoms with Crippen LogP contribution in [0.5, 0.6) is 5.75 Å². The maximum absolute atomic E-state index is 12.0. The van der Waals surface area contributed by atoms with Crippen LogP contribution in [0.15, 0.2) is 30.3 Å². The van der Waals surface area contributed by atoms with Gasteiger partial charge in [-0.2, -0.15) is 0 Å². The molecule has 0 fully saturated rings. The fourth-order valence-corrected chi connectivity index (χ4v) is 1.76. The summed E-state index contributed by atoms with van der Waals surface area (Å²) in [4.78, 5) is 24.1. The van der Waals surface area contributed by atoms with Crippen molar-refractivity contribution in [3.63, 3.8) is 0 Å². The van der Waals surface area contributed by atoms with Gasteiger partial charge in [0, 0.05) is 12.6 Å². The summed E-state index contributed by atoms with van der Waals surface area (Å²) in [6.07, 6.45) is -0.0634. The largest absolute Gasteiger partial charge is 0.492 e. The summed E-state index contributed by atoms with van der Waals surface area (Å²) >= 11 is 0. The summed E-state index contributed by atoms with van der Waals surface area (Å²) in [5, 5.41) is 11.4. The quantitative estimate of drug-likeness (QED) is 0.718. The van der Waals surface area contributed by atoms with Crippen LogP contribution in [0.1, 0.15) is 20.3 Å². The lowest BCUT2D eigenvalue weighted by Gasteiger charge is -2.26. The van der Waals surface area contributed by atoms with Crippen molar-refractivity contribution >= 4 is 12.0 Å². The molecule has 0 unspecified atom stereocenters. The van der Waals surface area contributed by atoms with Gasteiger partial charge in [0.25, 0.3) is 0 Å². The molecule has 6 heteroatoms. The van der Waals surface area contributed by atoms with E-state index in [2.05, 4.69) is 5.32 Å². The Morgan fingerprint density at radius 1 is 1.29 bits per heavy atom. The molecule has 2 amide bonds. The zero-order valence-electron chi connectivity index (χ0n) is 12.4. The number of hydrogen-bond acceptors (Lipinski definition) is 3. The van der Waals surface area contributed by atoms with Crippen LogP contribution >= 0.6 is 0 Å². The molecule has 116 valence electrons. The van der Waals surface area contributed by atoms with Crippen molar-refractivity contribution in [1.29, 1.82) is 0 Å². The van der Waals surface area contributed by atoms with Gasteiger partial charge in [-0.1, -0.05) is 18.2 Å². The molecule has 2 N–H and O–H groups in total. The Balaban J connectivity index is 2.31. The van der Waals surface area contributed by atoms with Gasteiger partial charge in [0.2, 0.25) is 0 Å². The molecule has 0 aliphatic rings. The Morgan fingerprint density at radius 2 is 1.95 bits per heavy atom. The van der Waals surface area contributed by atoms with E-state index in [9.17, 15) is 9.59 Å². The van der Waals surface area contributed by atoms with Crippen molar-refractivity contribution in [3.8, 4) is 5.75 Å². The molecule has 0 aliphatic carbocycles. The van der Waals surface area contributed by atoms with Gasteiger partial charge in [-0.15, -0.1) is 0 Å². The first-order valence-electron chi connectivity index (χ1n) is 6.95. The first kappa shape index (κ1) is 16.8. The number of carbonyl (C=O) groups excluding carboxylic acids is 1. The average Bonchev–Trinajstić information content (AvgIpc) is 2.44. The molecule has 0 saturated carbocycles. The second kappa shape index (κ2) is 8.84. The van der Waals surface area contributed by atoms with Crippen LogP contribution in [0.3, 0.4) is 0 Å². The standard InChI is InChI=1S/C15H22N2O4/c1-12(2)17(10-8-14(18)19)15(20)16-9-11-21-13-6-4-3-5-7-13/h3-7,12H,8-11H2,1-2H3,(H,16,20)(H,18,19). The monoisotopic (exact) mass is 294 g/mol. The number of hydrogen-bond donors (Lipinski definition) is 2. The highest BCUT2D eigenvalue weighted by Gasteiger charge is 2.17. The van der Waals surface area contributed by atoms with Crippen LogP contribution in [0, 0.1) is 0 Å². The zero-order chi connectivity index (χ0) is 15.7. The minimum Gasteiger partial charge on any atom is -0.492 e. The van der Waals surface area contributed by atoms with Crippen LogP contribution in [0.2, 0.25) is 0 Å². The lowest BCUT2D eigenvalue weighted by atomic mass is 10.3. The predicted molar refractivity (Wildman–Crippen MR) is 79.4 cm³/mol. The highest BCUT2D eigenvalue weighted by molar-refractivity contribution is 5.75. The molecule has 1 rings (SSSR count). The number of urea groups is 1. The Hall–Kier alpha value is -2.24. The molecule has 1 aromatic carbocycles. The van der Waals surface area contributed by atoms with Crippen LogP contribution in [-0.4, -0.2) is 47.7 Å². The van der Waals surface area contributed by atoms with Crippen LogP contribution in [0.25, 0.3) is 0 Å². The van der Waals surface area contributed by atoms with Gasteiger partial charge in [0.1, 0.15) is 12.4 Å². The Bertz CT molecular complexity index is 448. The van der Waals surface area contributed by atoms with Crippen molar-refractivity contribution in [1.82, 2.24) is 10.2 Å². The Labute approximate surface area is 124 Å². The fraction of sp³-hybridized carbons (Fsp3) is 0.467. The Morgan fingerprint density at radius 3 is 2.52 bits per heavy atom. The Kier molecular flexibility index (Phi) is 7.08. The molecule has 0 aliphatic heterocycles. The van der Waals surface area contributed by atoms with Gasteiger partial charge in [0.15, 0.2) is 0 Å². The number of nitrogens with one attached hydrogen (secondary N) is 1. The maximum atomic E-state index is 12.0. The number of carboxylic acid groups (broad SMARTS) is 1. The highest BCUT2D eigenvalue weighted by Crippen LogP contribution is 2.07. The maximum Gasteiger partial charge on any atom is 0.317 e. The number of rotatable bonds is 8. The number of ether oxygens (including phenoxy) is 1. The third-order valence-electron chi connectivity index (χ3n) is 2.84. The van der Waals surface area contributed by atoms with Gasteiger partial charge >= 0.3 is 12.0 Å². The number of amides is 2. The summed E-state index contributed by atoms with van der Waals surface area (Å²) in [6.45, 7) is 4.62. The second-order valence-electron chi connectivity index (χ2n) is 4.82. The molecule has 0 atom stereocenters. The molecule has 0 aromatic heterocycles. The normalized spacial score (nSPS) is 10.2. The van der Waals surface area contributed by atoms with Crippen molar-refractivity contribution in [2.24, 2.45) is 0 Å². The van der Waals surface area contributed by atoms with Crippen LogP contribution in [-0.2, 0) is 4.79 Å². The van der Waals surface area contributed by atoms with Crippen LogP contribution < -0.4 is 10.1 Å². The van der Waals surface area contributed by atoms with Gasteiger partial charge in [-0.25, -0.2) is 4.79 Å². The minimum absolute atomic E-state index is 0.0561. The number of carbonyl (C=O) groups is 2. The molecule has 1 aromatic rings. The zero-order valence-corrected chi connectivity index (χ0v) is 12.4. The molecular formula is C15H22N2O4. The van der Waals surface area contributed by atoms with E-state index < -0.39 is 5.97 Å². The molecule has 0 heterocycles. The number of nitrogens with zero attached hydrogens (tertiary/aromatic N) is 1. The van der Waals surface area contributed by atoms with E-state index in [1.165, 1.54) is 4.90 Å². The van der Waals surface area contributed by atoms with Crippen molar-refractivity contribution in [2.45, 2.75) is 26.3 Å². The second-order valence-corrected chi connectivity index (χ2v) is 4.82. The summed E-state index contributed by atoms with van der Waals surface area (Å²) < 4.78 is 5.47. The molecule has 6 nitrogen and oxygen atoms in total. The summed E-state index contributed by atoms with van der Waals surface area (Å²) in [5.41, 5.74) is 0. The number of aliphatic carboxylic acids is 1.